The summed E-state index contributed by atoms with van der Waals surface area (Å²) < 4.78 is 26.9. The summed E-state index contributed by atoms with van der Waals surface area (Å²) in [6.45, 7) is 4.30. The Morgan fingerprint density at radius 3 is 2.80 bits per heavy atom. The van der Waals surface area contributed by atoms with E-state index in [-0.39, 0.29) is 51.6 Å². The molecule has 0 bridgehead atoms. The number of esters is 1. The quantitative estimate of drug-likeness (QED) is 0.145. The summed E-state index contributed by atoms with van der Waals surface area (Å²) in [5.74, 6) is -1.09. The van der Waals surface area contributed by atoms with Gasteiger partial charge in [-0.15, -0.1) is 0 Å². The average Bonchev–Trinajstić information content (AvgIpc) is 3.21. The molecule has 35 heavy (non-hydrogen) atoms. The molecule has 3 aromatic rings. The van der Waals surface area contributed by atoms with Crippen LogP contribution in [0, 0.1) is 12.7 Å². The van der Waals surface area contributed by atoms with E-state index in [9.17, 15) is 19.1 Å². The van der Waals surface area contributed by atoms with E-state index in [0.29, 0.717) is 34.6 Å². The summed E-state index contributed by atoms with van der Waals surface area (Å²) in [5.41, 5.74) is 2.59. The predicted octanol–water partition coefficient (Wildman–Crippen LogP) is 0.500. The van der Waals surface area contributed by atoms with Gasteiger partial charge in [0.1, 0.15) is 0 Å². The normalized spacial score (nSPS) is 18.5. The molecular formula is C26H27FIN2O5-. The van der Waals surface area contributed by atoms with Gasteiger partial charge in [0.2, 0.25) is 0 Å². The zero-order valence-electron chi connectivity index (χ0n) is 19.9. The molecule has 5 rings (SSSR count). The van der Waals surface area contributed by atoms with Crippen LogP contribution in [0.15, 0.2) is 23.0 Å². The second-order valence-corrected chi connectivity index (χ2v) is 10.6. The number of fused-ring (bicyclic) bond motifs is 5. The number of carbonyl (C=O) groups is 1. The molecule has 0 amide bonds. The van der Waals surface area contributed by atoms with E-state index in [0.717, 1.165) is 42.4 Å². The third kappa shape index (κ3) is 3.88. The molecule has 0 spiro atoms. The van der Waals surface area contributed by atoms with E-state index >= 15 is 0 Å². The van der Waals surface area contributed by atoms with Gasteiger partial charge in [-0.3, -0.25) is 0 Å². The predicted molar refractivity (Wildman–Crippen MR) is 124 cm³/mol. The van der Waals surface area contributed by atoms with Crippen LogP contribution < -0.4 is 27.2 Å². The topological polar surface area (TPSA) is 90.7 Å². The molecule has 2 aliphatic heterocycles. The maximum absolute atomic E-state index is 14.5. The van der Waals surface area contributed by atoms with Crippen molar-refractivity contribution in [1.29, 1.82) is 0 Å². The van der Waals surface area contributed by atoms with Crippen molar-refractivity contribution >= 4 is 16.9 Å². The number of ether oxygens (including phenoxy) is 1. The van der Waals surface area contributed by atoms with Gasteiger partial charge in [-0.05, 0) is 6.42 Å². The number of aromatic nitrogens is 2. The summed E-state index contributed by atoms with van der Waals surface area (Å²) in [6, 6.07) is 4.97. The molecule has 0 unspecified atom stereocenters. The monoisotopic (exact) mass is 593 g/mol. The number of carbonyl (C=O) groups excluding carboxylic acids is 1. The molecule has 0 radical (unpaired) electrons. The van der Waals surface area contributed by atoms with E-state index < -0.39 is 11.6 Å². The van der Waals surface area contributed by atoms with Crippen LogP contribution in [0.5, 0.6) is 0 Å². The Bertz CT molecular complexity index is 1420. The Labute approximate surface area is 213 Å². The van der Waals surface area contributed by atoms with Crippen molar-refractivity contribution in [2.75, 3.05) is 11.5 Å². The molecule has 1 aromatic carbocycles. The maximum atomic E-state index is 14.5. The number of unbranched alkanes of at least 4 members (excludes halogenated alkanes) is 1. The number of cyclic esters (lactones) is 1. The van der Waals surface area contributed by atoms with Gasteiger partial charge in [0.25, 0.3) is 0 Å². The van der Waals surface area contributed by atoms with Crippen molar-refractivity contribution < 1.29 is 43.7 Å². The van der Waals surface area contributed by atoms with Gasteiger partial charge in [0, 0.05) is 0 Å². The number of benzene rings is 1. The van der Waals surface area contributed by atoms with Gasteiger partial charge < -0.3 is 9.84 Å². The number of rotatable bonds is 7. The second kappa shape index (κ2) is 9.25. The first-order valence-corrected chi connectivity index (χ1v) is 14.7. The van der Waals surface area contributed by atoms with E-state index in [1.54, 1.807) is 24.5 Å². The molecule has 186 valence electrons. The molecule has 9 heteroatoms. The number of aryl methyl sites for hydroxylation is 2. The number of pyridine rings is 2. The first-order chi connectivity index (χ1) is 16.8. The number of halogens is 2. The van der Waals surface area contributed by atoms with E-state index in [1.165, 1.54) is 6.07 Å². The van der Waals surface area contributed by atoms with Crippen molar-refractivity contribution in [1.82, 2.24) is 9.55 Å². The first kappa shape index (κ1) is 24.3. The Morgan fingerprint density at radius 1 is 1.26 bits per heavy atom. The van der Waals surface area contributed by atoms with Gasteiger partial charge in [-0.25, -0.2) is 4.79 Å². The third-order valence-corrected chi connectivity index (χ3v) is 8.16. The average molecular weight is 593 g/mol. The van der Waals surface area contributed by atoms with Crippen LogP contribution >= 0.6 is 0 Å². The molecule has 0 saturated heterocycles. The van der Waals surface area contributed by atoms with Crippen molar-refractivity contribution in [2.24, 2.45) is 0 Å². The fraction of sp³-hybridized carbons (Fsp3) is 0.423. The Morgan fingerprint density at radius 2 is 2.06 bits per heavy atom. The molecule has 0 aliphatic carbocycles. The SMILES string of the molecule is CC[C@@]1(O)C(=O)OCc2c1cc1n(c2=O)Cc2c-1nc1cc(F)c(C)cc1c2CCCCO[I-]C. The number of aliphatic hydroxyl groups is 1. The molecular weight excluding hydrogens is 566 g/mol. The van der Waals surface area contributed by atoms with E-state index in [4.69, 9.17) is 12.8 Å². The second-order valence-electron chi connectivity index (χ2n) is 9.06. The Kier molecular flexibility index (Phi) is 6.43. The van der Waals surface area contributed by atoms with E-state index in [2.05, 4.69) is 4.93 Å². The fourth-order valence-electron chi connectivity index (χ4n) is 5.11. The summed E-state index contributed by atoms with van der Waals surface area (Å²) in [4.78, 5) is 32.8. The van der Waals surface area contributed by atoms with Crippen LogP contribution in [-0.4, -0.2) is 32.2 Å². The molecule has 2 aliphatic rings. The Balaban J connectivity index is 1.69. The third-order valence-electron chi connectivity index (χ3n) is 7.09. The van der Waals surface area contributed by atoms with Crippen molar-refractivity contribution in [2.45, 2.75) is 58.3 Å². The van der Waals surface area contributed by atoms with Crippen LogP contribution in [0.25, 0.3) is 22.3 Å². The minimum absolute atomic E-state index is 0.0809. The van der Waals surface area contributed by atoms with Crippen LogP contribution in [0.1, 0.15) is 54.0 Å². The van der Waals surface area contributed by atoms with Gasteiger partial charge >= 0.3 is 186 Å². The van der Waals surface area contributed by atoms with Gasteiger partial charge in [0.05, 0.1) is 0 Å². The summed E-state index contributed by atoms with van der Waals surface area (Å²) in [6.07, 6.45) is 2.64. The molecule has 4 heterocycles. The molecule has 1 N–H and O–H groups in total. The molecule has 2 aromatic heterocycles. The molecule has 0 saturated carbocycles. The molecule has 1 atom stereocenters. The summed E-state index contributed by atoms with van der Waals surface area (Å²) in [7, 11) is 0. The van der Waals surface area contributed by atoms with Crippen LogP contribution in [0.3, 0.4) is 0 Å². The number of hydrogen-bond donors (Lipinski definition) is 1. The van der Waals surface area contributed by atoms with Crippen LogP contribution in [0.4, 0.5) is 4.39 Å². The number of nitrogens with zero attached hydrogens (tertiary/aromatic N) is 2. The van der Waals surface area contributed by atoms with Gasteiger partial charge in [-0.1, -0.05) is 6.92 Å². The van der Waals surface area contributed by atoms with Crippen molar-refractivity contribution in [3.63, 3.8) is 0 Å². The van der Waals surface area contributed by atoms with Gasteiger partial charge in [0.15, 0.2) is 0 Å². The first-order valence-electron chi connectivity index (χ1n) is 11.7. The summed E-state index contributed by atoms with van der Waals surface area (Å²) in [5, 5.41) is 12.0. The van der Waals surface area contributed by atoms with E-state index in [1.807, 2.05) is 6.07 Å². The molecule has 7 nitrogen and oxygen atoms in total. The zero-order valence-corrected chi connectivity index (χ0v) is 22.1. The fourth-order valence-corrected chi connectivity index (χ4v) is 5.86. The zero-order chi connectivity index (χ0) is 24.9. The van der Waals surface area contributed by atoms with Crippen LogP contribution in [-0.2, 0) is 37.8 Å². The van der Waals surface area contributed by atoms with Gasteiger partial charge in [-0.2, -0.15) is 0 Å². The molecule has 0 fully saturated rings. The number of hydrogen-bond acceptors (Lipinski definition) is 6. The Hall–Kier alpha value is -2.37. The van der Waals surface area contributed by atoms with Crippen molar-refractivity contribution in [3.8, 4) is 11.4 Å². The van der Waals surface area contributed by atoms with Crippen molar-refractivity contribution in [3.05, 3.63) is 62.2 Å². The minimum atomic E-state index is -1.88. The number of alkyl halides is 1. The van der Waals surface area contributed by atoms with Crippen LogP contribution in [0.2, 0.25) is 0 Å². The standard InChI is InChI=1S/C26H27FIN2O5/c1-4-26(33)19-10-22-23-17(12-30(22)24(31)18(19)13-34-25(26)32)15(7-5-6-8-35-28-3)16-9-14(2)20(27)11-21(16)29-23/h9-11,33H,4-8,12-13H2,1-3H3/q-1/t26-/m0/s1. The summed E-state index contributed by atoms with van der Waals surface area (Å²) >= 11 is -0.206.